The average Bonchev–Trinajstić information content (AvgIpc) is 2.72. The third-order valence-electron chi connectivity index (χ3n) is 4.78. The van der Waals surface area contributed by atoms with E-state index in [0.717, 1.165) is 28.3 Å². The predicted octanol–water partition coefficient (Wildman–Crippen LogP) is 5.33. The van der Waals surface area contributed by atoms with Gasteiger partial charge in [0.15, 0.2) is 6.61 Å². The number of carbonyl (C=O) groups is 2. The van der Waals surface area contributed by atoms with Gasteiger partial charge in [-0.15, -0.1) is 0 Å². The summed E-state index contributed by atoms with van der Waals surface area (Å²) in [5.74, 6) is -1.33. The van der Waals surface area contributed by atoms with E-state index in [2.05, 4.69) is 5.32 Å². The number of hydrogen-bond acceptors (Lipinski definition) is 3. The van der Waals surface area contributed by atoms with Gasteiger partial charge in [0, 0.05) is 10.7 Å². The van der Waals surface area contributed by atoms with E-state index in [1.165, 1.54) is 0 Å². The molecule has 0 saturated carbocycles. The molecular formula is C23H22ClNO4. The zero-order chi connectivity index (χ0) is 21.0. The van der Waals surface area contributed by atoms with Gasteiger partial charge in [0.2, 0.25) is 0 Å². The number of carbonyl (C=O) groups excluding carboxylic acids is 1. The van der Waals surface area contributed by atoms with Gasteiger partial charge in [-0.05, 0) is 52.9 Å². The Morgan fingerprint density at radius 3 is 2.34 bits per heavy atom. The Kier molecular flexibility index (Phi) is 6.39. The number of ether oxygens (including phenoxy) is 1. The molecule has 0 aliphatic carbocycles. The summed E-state index contributed by atoms with van der Waals surface area (Å²) in [5, 5.41) is 14.6. The molecule has 150 valence electrons. The molecule has 1 amide bonds. The highest BCUT2D eigenvalue weighted by Gasteiger charge is 2.16. The number of aryl methyl sites for hydroxylation is 1. The van der Waals surface area contributed by atoms with Crippen LogP contribution in [0.2, 0.25) is 5.02 Å². The number of nitrogens with one attached hydrogen (secondary N) is 1. The number of halogens is 1. The van der Waals surface area contributed by atoms with Gasteiger partial charge in [-0.2, -0.15) is 0 Å². The number of aromatic carboxylic acids is 1. The molecule has 0 aliphatic rings. The van der Waals surface area contributed by atoms with Crippen LogP contribution < -0.4 is 10.1 Å². The molecular weight excluding hydrogens is 390 g/mol. The van der Waals surface area contributed by atoms with Crippen LogP contribution >= 0.6 is 11.6 Å². The zero-order valence-electron chi connectivity index (χ0n) is 16.3. The molecule has 0 unspecified atom stereocenters. The van der Waals surface area contributed by atoms with E-state index in [1.807, 2.05) is 50.2 Å². The van der Waals surface area contributed by atoms with E-state index in [1.54, 1.807) is 12.1 Å². The fraction of sp³-hybridized carbons (Fsp3) is 0.217. The smallest absolute Gasteiger partial charge is 0.339 e. The average molecular weight is 412 g/mol. The quantitative estimate of drug-likeness (QED) is 0.550. The molecule has 0 fully saturated rings. The van der Waals surface area contributed by atoms with Crippen LogP contribution in [0.25, 0.3) is 10.8 Å². The highest BCUT2D eigenvalue weighted by Crippen LogP contribution is 2.30. The minimum atomic E-state index is -1.11. The molecule has 0 heterocycles. The first-order chi connectivity index (χ1) is 13.9. The molecule has 2 N–H and O–H groups in total. The first-order valence-electron chi connectivity index (χ1n) is 9.43. The molecule has 0 aliphatic heterocycles. The lowest BCUT2D eigenvalue weighted by Gasteiger charge is -2.16. The minimum absolute atomic E-state index is 0.0164. The van der Waals surface area contributed by atoms with Crippen molar-refractivity contribution in [1.29, 1.82) is 0 Å². The standard InChI is InChI=1S/C23H22ClNO4/c1-3-14-9-10-19(24)17(4-2)22(14)25-21(26)13-29-20-12-16-8-6-5-7-15(16)11-18(20)23(27)28/h5-12H,3-4,13H2,1-2H3,(H,25,26)(H,27,28). The fourth-order valence-corrected chi connectivity index (χ4v) is 3.58. The second-order valence-corrected chi connectivity index (χ2v) is 7.01. The number of carboxylic acids is 1. The van der Waals surface area contributed by atoms with Gasteiger partial charge >= 0.3 is 5.97 Å². The van der Waals surface area contributed by atoms with Crippen LogP contribution in [0, 0.1) is 0 Å². The number of anilines is 1. The molecule has 3 aromatic rings. The first kappa shape index (κ1) is 20.7. The van der Waals surface area contributed by atoms with Crippen LogP contribution in [0.5, 0.6) is 5.75 Å². The monoisotopic (exact) mass is 411 g/mol. The summed E-state index contributed by atoms with van der Waals surface area (Å²) in [5.41, 5.74) is 2.57. The molecule has 0 atom stereocenters. The van der Waals surface area contributed by atoms with Crippen LogP contribution in [-0.2, 0) is 17.6 Å². The van der Waals surface area contributed by atoms with E-state index in [9.17, 15) is 14.7 Å². The van der Waals surface area contributed by atoms with Crippen molar-refractivity contribution < 1.29 is 19.4 Å². The van der Waals surface area contributed by atoms with E-state index in [0.29, 0.717) is 17.1 Å². The third-order valence-corrected chi connectivity index (χ3v) is 5.13. The van der Waals surface area contributed by atoms with Crippen LogP contribution in [0.1, 0.15) is 35.3 Å². The second-order valence-electron chi connectivity index (χ2n) is 6.60. The SMILES string of the molecule is CCc1ccc(Cl)c(CC)c1NC(=O)COc1cc2ccccc2cc1C(=O)O. The van der Waals surface area contributed by atoms with Crippen LogP contribution in [0.3, 0.4) is 0 Å². The van der Waals surface area contributed by atoms with Gasteiger partial charge in [-0.25, -0.2) is 4.79 Å². The number of fused-ring (bicyclic) bond motifs is 1. The molecule has 0 saturated heterocycles. The van der Waals surface area contributed by atoms with Crippen molar-refractivity contribution in [2.75, 3.05) is 11.9 Å². The number of rotatable bonds is 7. The molecule has 0 radical (unpaired) electrons. The fourth-order valence-electron chi connectivity index (χ4n) is 3.29. The van der Waals surface area contributed by atoms with Crippen LogP contribution in [0.15, 0.2) is 48.5 Å². The van der Waals surface area contributed by atoms with Crippen molar-refractivity contribution in [2.24, 2.45) is 0 Å². The summed E-state index contributed by atoms with van der Waals surface area (Å²) in [6.45, 7) is 3.67. The molecule has 29 heavy (non-hydrogen) atoms. The van der Waals surface area contributed by atoms with Gasteiger partial charge in [0.1, 0.15) is 11.3 Å². The summed E-state index contributed by atoms with van der Waals surface area (Å²) >= 11 is 6.28. The van der Waals surface area contributed by atoms with Crippen molar-refractivity contribution in [3.05, 3.63) is 70.2 Å². The van der Waals surface area contributed by atoms with Gasteiger partial charge < -0.3 is 15.2 Å². The molecule has 3 aromatic carbocycles. The molecule has 0 aromatic heterocycles. The van der Waals surface area contributed by atoms with Crippen LogP contribution in [-0.4, -0.2) is 23.6 Å². The summed E-state index contributed by atoms with van der Waals surface area (Å²) in [7, 11) is 0. The van der Waals surface area contributed by atoms with Gasteiger partial charge in [-0.3, -0.25) is 4.79 Å². The van der Waals surface area contributed by atoms with E-state index in [4.69, 9.17) is 16.3 Å². The van der Waals surface area contributed by atoms with Crippen molar-refractivity contribution in [3.63, 3.8) is 0 Å². The van der Waals surface area contributed by atoms with Crippen molar-refractivity contribution in [2.45, 2.75) is 26.7 Å². The van der Waals surface area contributed by atoms with Crippen molar-refractivity contribution in [1.82, 2.24) is 0 Å². The lowest BCUT2D eigenvalue weighted by atomic mass is 10.0. The molecule has 6 heteroatoms. The second kappa shape index (κ2) is 8.97. The molecule has 5 nitrogen and oxygen atoms in total. The molecule has 0 bridgehead atoms. The number of carboxylic acid groups (broad SMARTS) is 1. The maximum Gasteiger partial charge on any atom is 0.339 e. The zero-order valence-corrected chi connectivity index (χ0v) is 17.0. The highest BCUT2D eigenvalue weighted by atomic mass is 35.5. The predicted molar refractivity (Wildman–Crippen MR) is 115 cm³/mol. The largest absolute Gasteiger partial charge is 0.483 e. The van der Waals surface area contributed by atoms with E-state index in [-0.39, 0.29) is 23.8 Å². The van der Waals surface area contributed by atoms with E-state index < -0.39 is 5.97 Å². The Morgan fingerprint density at radius 1 is 1.03 bits per heavy atom. The third kappa shape index (κ3) is 4.51. The Bertz CT molecular complexity index is 1080. The molecule has 3 rings (SSSR count). The van der Waals surface area contributed by atoms with Gasteiger partial charge in [0.25, 0.3) is 5.91 Å². The van der Waals surface area contributed by atoms with Gasteiger partial charge in [0.05, 0.1) is 0 Å². The highest BCUT2D eigenvalue weighted by molar-refractivity contribution is 6.32. The lowest BCUT2D eigenvalue weighted by molar-refractivity contribution is -0.118. The van der Waals surface area contributed by atoms with Crippen molar-refractivity contribution in [3.8, 4) is 5.75 Å². The topological polar surface area (TPSA) is 75.6 Å². The maximum absolute atomic E-state index is 12.6. The maximum atomic E-state index is 12.6. The minimum Gasteiger partial charge on any atom is -0.483 e. The molecule has 0 spiro atoms. The van der Waals surface area contributed by atoms with Crippen molar-refractivity contribution >= 4 is 39.9 Å². The Morgan fingerprint density at radius 2 is 1.72 bits per heavy atom. The van der Waals surface area contributed by atoms with Gasteiger partial charge in [-0.1, -0.05) is 55.8 Å². The Balaban J connectivity index is 1.82. The van der Waals surface area contributed by atoms with Crippen LogP contribution in [0.4, 0.5) is 5.69 Å². The summed E-state index contributed by atoms with van der Waals surface area (Å²) in [6, 6.07) is 14.3. The summed E-state index contributed by atoms with van der Waals surface area (Å²) < 4.78 is 5.59. The normalized spacial score (nSPS) is 10.7. The summed E-state index contributed by atoms with van der Waals surface area (Å²) in [6.07, 6.45) is 1.42. The number of benzene rings is 3. The number of hydrogen-bond donors (Lipinski definition) is 2. The first-order valence-corrected chi connectivity index (χ1v) is 9.81. The summed E-state index contributed by atoms with van der Waals surface area (Å²) in [4.78, 5) is 24.2. The van der Waals surface area contributed by atoms with E-state index >= 15 is 0 Å². The lowest BCUT2D eigenvalue weighted by Crippen LogP contribution is -2.22. The Hall–Kier alpha value is -3.05. The number of amides is 1. The Labute approximate surface area is 174 Å².